The van der Waals surface area contributed by atoms with Crippen LogP contribution in [0.25, 0.3) is 0 Å². The number of nitrogens with one attached hydrogen (secondary N) is 1. The van der Waals surface area contributed by atoms with Crippen molar-refractivity contribution in [3.8, 4) is 5.75 Å². The molecule has 2 rings (SSSR count). The first-order chi connectivity index (χ1) is 9.49. The van der Waals surface area contributed by atoms with E-state index in [2.05, 4.69) is 26.4 Å². The van der Waals surface area contributed by atoms with Gasteiger partial charge in [-0.05, 0) is 48.8 Å². The molecule has 1 atom stereocenters. The van der Waals surface area contributed by atoms with E-state index in [1.165, 1.54) is 0 Å². The predicted molar refractivity (Wildman–Crippen MR) is 78.8 cm³/mol. The molecule has 1 heterocycles. The van der Waals surface area contributed by atoms with Crippen LogP contribution in [-0.4, -0.2) is 17.2 Å². The second-order valence-corrected chi connectivity index (χ2v) is 5.23. The Kier molecular flexibility index (Phi) is 4.44. The number of anilines is 1. The summed E-state index contributed by atoms with van der Waals surface area (Å²) < 4.78 is 11.4. The number of aromatic nitrogens is 1. The van der Waals surface area contributed by atoms with Crippen LogP contribution in [0.15, 0.2) is 33.3 Å². The van der Waals surface area contributed by atoms with Gasteiger partial charge in [0.1, 0.15) is 17.1 Å². The number of benzene rings is 1. The molecule has 2 aromatic rings. The normalized spacial score (nSPS) is 12.0. The van der Waals surface area contributed by atoms with Crippen molar-refractivity contribution >= 4 is 27.5 Å². The quantitative estimate of drug-likeness (QED) is 0.927. The molecule has 0 saturated carbocycles. The molecular formula is C14H15BrN2O3. The van der Waals surface area contributed by atoms with Crippen LogP contribution in [0.2, 0.25) is 0 Å². The Morgan fingerprint density at radius 1 is 1.40 bits per heavy atom. The zero-order chi connectivity index (χ0) is 14.7. The number of amides is 1. The number of carbonyl (C=O) groups excluding carboxylic acids is 1. The van der Waals surface area contributed by atoms with Crippen molar-refractivity contribution in [1.82, 2.24) is 5.16 Å². The second-order valence-electron chi connectivity index (χ2n) is 4.38. The molecule has 1 unspecified atom stereocenters. The molecule has 0 saturated heterocycles. The molecule has 1 N–H and O–H groups in total. The van der Waals surface area contributed by atoms with E-state index >= 15 is 0 Å². The maximum Gasteiger partial charge on any atom is 0.265 e. The summed E-state index contributed by atoms with van der Waals surface area (Å²) in [5.74, 6) is 0.938. The van der Waals surface area contributed by atoms with Gasteiger partial charge in [-0.3, -0.25) is 4.79 Å². The van der Waals surface area contributed by atoms with Gasteiger partial charge in [-0.15, -0.1) is 0 Å². The van der Waals surface area contributed by atoms with Crippen molar-refractivity contribution in [2.75, 3.05) is 5.32 Å². The minimum Gasteiger partial charge on any atom is -0.480 e. The zero-order valence-electron chi connectivity index (χ0n) is 11.4. The lowest BCUT2D eigenvalue weighted by Crippen LogP contribution is -2.30. The van der Waals surface area contributed by atoms with Gasteiger partial charge in [-0.25, -0.2) is 0 Å². The van der Waals surface area contributed by atoms with Crippen LogP contribution in [0, 0.1) is 13.8 Å². The average Bonchev–Trinajstić information content (AvgIpc) is 2.73. The highest BCUT2D eigenvalue weighted by Crippen LogP contribution is 2.25. The molecule has 106 valence electrons. The molecule has 6 heteroatoms. The zero-order valence-corrected chi connectivity index (χ0v) is 13.0. The number of nitrogens with zero attached hydrogens (tertiary/aromatic N) is 1. The van der Waals surface area contributed by atoms with Crippen LogP contribution in [0.3, 0.4) is 0 Å². The molecule has 0 radical (unpaired) electrons. The summed E-state index contributed by atoms with van der Waals surface area (Å²) in [7, 11) is 0. The topological polar surface area (TPSA) is 64.4 Å². The standard InChI is InChI=1S/C14H15BrN2O3/c1-8-13(9(2)20-17-8)16-14(18)10(3)19-12-7-5-4-6-11(12)15/h4-7,10H,1-3H3,(H,16,18). The molecule has 0 aliphatic heterocycles. The summed E-state index contributed by atoms with van der Waals surface area (Å²) >= 11 is 3.38. The van der Waals surface area contributed by atoms with Gasteiger partial charge in [0.2, 0.25) is 0 Å². The van der Waals surface area contributed by atoms with Gasteiger partial charge in [-0.2, -0.15) is 0 Å². The first-order valence-corrected chi connectivity index (χ1v) is 6.93. The number of hydrogen-bond donors (Lipinski definition) is 1. The third-order valence-corrected chi connectivity index (χ3v) is 3.45. The molecule has 1 amide bonds. The number of carbonyl (C=O) groups is 1. The van der Waals surface area contributed by atoms with E-state index in [9.17, 15) is 4.79 Å². The maximum absolute atomic E-state index is 12.1. The fourth-order valence-electron chi connectivity index (χ4n) is 1.67. The smallest absolute Gasteiger partial charge is 0.265 e. The number of ether oxygens (including phenoxy) is 1. The SMILES string of the molecule is Cc1noc(C)c1NC(=O)C(C)Oc1ccccc1Br. The molecule has 0 aliphatic carbocycles. The van der Waals surface area contributed by atoms with Crippen LogP contribution in [0.4, 0.5) is 5.69 Å². The number of rotatable bonds is 4. The largest absolute Gasteiger partial charge is 0.480 e. The molecule has 0 fully saturated rings. The fraction of sp³-hybridized carbons (Fsp3) is 0.286. The van der Waals surface area contributed by atoms with E-state index in [0.717, 1.165) is 4.47 Å². The molecule has 0 aliphatic rings. The van der Waals surface area contributed by atoms with E-state index in [4.69, 9.17) is 9.26 Å². The van der Waals surface area contributed by atoms with Crippen molar-refractivity contribution in [3.63, 3.8) is 0 Å². The lowest BCUT2D eigenvalue weighted by Gasteiger charge is -2.15. The summed E-state index contributed by atoms with van der Waals surface area (Å²) in [5, 5.41) is 6.55. The highest BCUT2D eigenvalue weighted by atomic mass is 79.9. The Bertz CT molecular complexity index is 605. The summed E-state index contributed by atoms with van der Waals surface area (Å²) in [6.07, 6.45) is -0.637. The molecule has 1 aromatic heterocycles. The van der Waals surface area contributed by atoms with Gasteiger partial charge in [0, 0.05) is 0 Å². The van der Waals surface area contributed by atoms with Crippen molar-refractivity contribution < 1.29 is 14.1 Å². The minimum atomic E-state index is -0.637. The predicted octanol–water partition coefficient (Wildman–Crippen LogP) is 3.46. The highest BCUT2D eigenvalue weighted by Gasteiger charge is 2.19. The Hall–Kier alpha value is -1.82. The van der Waals surface area contributed by atoms with E-state index in [1.807, 2.05) is 18.2 Å². The lowest BCUT2D eigenvalue weighted by atomic mass is 10.3. The number of para-hydroxylation sites is 1. The highest BCUT2D eigenvalue weighted by molar-refractivity contribution is 9.10. The minimum absolute atomic E-state index is 0.254. The van der Waals surface area contributed by atoms with Crippen LogP contribution in [0.1, 0.15) is 18.4 Å². The molecular weight excluding hydrogens is 324 g/mol. The van der Waals surface area contributed by atoms with Crippen LogP contribution in [-0.2, 0) is 4.79 Å². The van der Waals surface area contributed by atoms with Crippen molar-refractivity contribution in [1.29, 1.82) is 0 Å². The summed E-state index contributed by atoms with van der Waals surface area (Å²) in [5.41, 5.74) is 1.24. The van der Waals surface area contributed by atoms with Gasteiger partial charge < -0.3 is 14.6 Å². The summed E-state index contributed by atoms with van der Waals surface area (Å²) in [4.78, 5) is 12.1. The molecule has 0 spiro atoms. The average molecular weight is 339 g/mol. The van der Waals surface area contributed by atoms with Crippen LogP contribution in [0.5, 0.6) is 5.75 Å². The van der Waals surface area contributed by atoms with Crippen LogP contribution < -0.4 is 10.1 Å². The number of aryl methyl sites for hydroxylation is 2. The first kappa shape index (κ1) is 14.6. The van der Waals surface area contributed by atoms with Crippen molar-refractivity contribution in [3.05, 3.63) is 40.2 Å². The van der Waals surface area contributed by atoms with Gasteiger partial charge >= 0.3 is 0 Å². The van der Waals surface area contributed by atoms with Gasteiger partial charge in [0.15, 0.2) is 11.9 Å². The summed E-state index contributed by atoms with van der Waals surface area (Å²) in [6.45, 7) is 5.20. The number of hydrogen-bond acceptors (Lipinski definition) is 4. The van der Waals surface area contributed by atoms with E-state index < -0.39 is 6.10 Å². The van der Waals surface area contributed by atoms with E-state index in [-0.39, 0.29) is 5.91 Å². The monoisotopic (exact) mass is 338 g/mol. The molecule has 20 heavy (non-hydrogen) atoms. The Labute approximate surface area is 125 Å². The third kappa shape index (κ3) is 3.19. The first-order valence-electron chi connectivity index (χ1n) is 6.14. The summed E-state index contributed by atoms with van der Waals surface area (Å²) in [6, 6.07) is 7.38. The van der Waals surface area contributed by atoms with E-state index in [0.29, 0.717) is 22.9 Å². The maximum atomic E-state index is 12.1. The third-order valence-electron chi connectivity index (χ3n) is 2.79. The van der Waals surface area contributed by atoms with Gasteiger partial charge in [0.25, 0.3) is 5.91 Å². The molecule has 0 bridgehead atoms. The molecule has 5 nitrogen and oxygen atoms in total. The van der Waals surface area contributed by atoms with Gasteiger partial charge in [-0.1, -0.05) is 17.3 Å². The Balaban J connectivity index is 2.05. The molecule has 1 aromatic carbocycles. The second kappa shape index (κ2) is 6.09. The van der Waals surface area contributed by atoms with E-state index in [1.54, 1.807) is 26.8 Å². The van der Waals surface area contributed by atoms with Gasteiger partial charge in [0.05, 0.1) is 4.47 Å². The Morgan fingerprint density at radius 3 is 2.70 bits per heavy atom. The fourth-order valence-corrected chi connectivity index (χ4v) is 2.05. The van der Waals surface area contributed by atoms with Crippen molar-refractivity contribution in [2.45, 2.75) is 26.9 Å². The number of halogens is 1. The Morgan fingerprint density at radius 2 is 2.10 bits per heavy atom. The van der Waals surface area contributed by atoms with Crippen molar-refractivity contribution in [2.24, 2.45) is 0 Å². The lowest BCUT2D eigenvalue weighted by molar-refractivity contribution is -0.122. The van der Waals surface area contributed by atoms with Crippen LogP contribution >= 0.6 is 15.9 Å².